The molecule has 28 heavy (non-hydrogen) atoms. The van der Waals surface area contributed by atoms with E-state index in [1.54, 1.807) is 35.2 Å². The fraction of sp³-hybridized carbons (Fsp3) is 0.381. The number of carbonyl (C=O) groups excluding carboxylic acids is 1. The van der Waals surface area contributed by atoms with Crippen LogP contribution in [0.2, 0.25) is 0 Å². The third-order valence-electron chi connectivity index (χ3n) is 5.22. The predicted octanol–water partition coefficient (Wildman–Crippen LogP) is 1.23. The molecule has 2 atom stereocenters. The van der Waals surface area contributed by atoms with Gasteiger partial charge in [0.25, 0.3) is 5.91 Å². The van der Waals surface area contributed by atoms with Crippen molar-refractivity contribution in [2.75, 3.05) is 26.2 Å². The molecule has 2 aromatic rings. The maximum absolute atomic E-state index is 12.8. The molecule has 6 nitrogen and oxygen atoms in total. The Labute approximate surface area is 167 Å². The number of quaternary nitrogens is 1. The second kappa shape index (κ2) is 8.86. The Hall–Kier alpha value is -2.22. The predicted molar refractivity (Wildman–Crippen MR) is 108 cm³/mol. The topological polar surface area (TPSA) is 74.3 Å². The molecule has 1 aliphatic rings. The van der Waals surface area contributed by atoms with Gasteiger partial charge in [-0.25, -0.2) is 8.42 Å². The van der Waals surface area contributed by atoms with Gasteiger partial charge in [-0.15, -0.1) is 0 Å². The van der Waals surface area contributed by atoms with Crippen molar-refractivity contribution in [3.63, 3.8) is 0 Å². The first-order valence-electron chi connectivity index (χ1n) is 9.63. The van der Waals surface area contributed by atoms with Crippen LogP contribution in [-0.2, 0) is 14.8 Å². The highest BCUT2D eigenvalue weighted by Crippen LogP contribution is 2.17. The van der Waals surface area contributed by atoms with Crippen LogP contribution in [0.5, 0.6) is 0 Å². The van der Waals surface area contributed by atoms with Crippen molar-refractivity contribution in [3.05, 3.63) is 66.2 Å². The number of nitrogens with two attached hydrogens (primary N) is 1. The number of carbonyl (C=O) groups is 1. The lowest BCUT2D eigenvalue weighted by Gasteiger charge is -2.35. The van der Waals surface area contributed by atoms with E-state index in [4.69, 9.17) is 0 Å². The van der Waals surface area contributed by atoms with Gasteiger partial charge in [-0.2, -0.15) is 4.31 Å². The van der Waals surface area contributed by atoms with Crippen LogP contribution in [0.15, 0.2) is 65.6 Å². The highest BCUT2D eigenvalue weighted by Gasteiger charge is 2.32. The van der Waals surface area contributed by atoms with Crippen LogP contribution in [0.3, 0.4) is 0 Å². The fourth-order valence-electron chi connectivity index (χ4n) is 3.56. The monoisotopic (exact) mass is 402 g/mol. The van der Waals surface area contributed by atoms with Crippen LogP contribution in [0.25, 0.3) is 0 Å². The lowest BCUT2D eigenvalue weighted by molar-refractivity contribution is -0.710. The zero-order valence-electron chi connectivity index (χ0n) is 16.4. The van der Waals surface area contributed by atoms with Crippen molar-refractivity contribution >= 4 is 15.9 Å². The number of nitrogens with zero attached hydrogens (tertiary/aromatic N) is 2. The summed E-state index contributed by atoms with van der Waals surface area (Å²) in [5, 5.41) is 2.06. The van der Waals surface area contributed by atoms with Crippen molar-refractivity contribution in [1.29, 1.82) is 0 Å². The maximum Gasteiger partial charge on any atom is 0.280 e. The van der Waals surface area contributed by atoms with Crippen molar-refractivity contribution in [1.82, 2.24) is 9.21 Å². The number of hydrogen-bond donors (Lipinski definition) is 1. The van der Waals surface area contributed by atoms with Crippen molar-refractivity contribution in [3.8, 4) is 0 Å². The minimum atomic E-state index is -3.50. The van der Waals surface area contributed by atoms with Crippen LogP contribution in [0.4, 0.5) is 0 Å². The van der Waals surface area contributed by atoms with E-state index in [1.807, 2.05) is 25.1 Å². The Bertz CT molecular complexity index is 880. The zero-order chi connectivity index (χ0) is 20.1. The summed E-state index contributed by atoms with van der Waals surface area (Å²) in [6.07, 6.45) is 0. The molecule has 7 heteroatoms. The maximum atomic E-state index is 12.8. The SMILES string of the molecule is C[C@H]([NH2+][C@H](C)C(=O)N1CCN(S(=O)(=O)c2ccccc2)CC1)c1ccccc1. The molecule has 1 fully saturated rings. The number of benzene rings is 2. The summed E-state index contributed by atoms with van der Waals surface area (Å²) in [7, 11) is -3.50. The largest absolute Gasteiger partial charge is 0.335 e. The lowest BCUT2D eigenvalue weighted by atomic mass is 10.1. The van der Waals surface area contributed by atoms with Gasteiger partial charge in [0.15, 0.2) is 6.04 Å². The Balaban J connectivity index is 1.56. The first-order valence-corrected chi connectivity index (χ1v) is 11.1. The molecule has 2 aromatic carbocycles. The molecule has 1 saturated heterocycles. The Morgan fingerprint density at radius 1 is 0.893 bits per heavy atom. The molecule has 1 aliphatic heterocycles. The van der Waals surface area contributed by atoms with E-state index in [-0.39, 0.29) is 18.0 Å². The van der Waals surface area contributed by atoms with Crippen LogP contribution in [-0.4, -0.2) is 55.8 Å². The third-order valence-corrected chi connectivity index (χ3v) is 7.14. The summed E-state index contributed by atoms with van der Waals surface area (Å²) < 4.78 is 26.9. The van der Waals surface area contributed by atoms with Gasteiger partial charge in [-0.1, -0.05) is 48.5 Å². The molecule has 0 radical (unpaired) electrons. The van der Waals surface area contributed by atoms with Crippen molar-refractivity contribution < 1.29 is 18.5 Å². The minimum Gasteiger partial charge on any atom is -0.335 e. The lowest BCUT2D eigenvalue weighted by Crippen LogP contribution is -2.92. The summed E-state index contributed by atoms with van der Waals surface area (Å²) >= 11 is 0. The van der Waals surface area contributed by atoms with E-state index in [9.17, 15) is 13.2 Å². The molecule has 150 valence electrons. The van der Waals surface area contributed by atoms with Crippen molar-refractivity contribution in [2.45, 2.75) is 30.8 Å². The highest BCUT2D eigenvalue weighted by molar-refractivity contribution is 7.89. The summed E-state index contributed by atoms with van der Waals surface area (Å²) in [6, 6.07) is 18.5. The van der Waals surface area contributed by atoms with E-state index >= 15 is 0 Å². The van der Waals surface area contributed by atoms with Crippen LogP contribution >= 0.6 is 0 Å². The highest BCUT2D eigenvalue weighted by atomic mass is 32.2. The molecule has 0 bridgehead atoms. The number of piperazine rings is 1. The standard InChI is InChI=1S/C21H27N3O3S/c1-17(19-9-5-3-6-10-19)22-18(2)21(25)23-13-15-24(16-14-23)28(26,27)20-11-7-4-8-12-20/h3-12,17-18,22H,13-16H2,1-2H3/p+1/t17-,18+/m0/s1. The molecule has 0 unspecified atom stereocenters. The van der Waals surface area contributed by atoms with E-state index in [2.05, 4.69) is 24.4 Å². The summed E-state index contributed by atoms with van der Waals surface area (Å²) in [4.78, 5) is 14.9. The number of sulfonamides is 1. The van der Waals surface area contributed by atoms with Gasteiger partial charge in [0.1, 0.15) is 6.04 Å². The van der Waals surface area contributed by atoms with Crippen molar-refractivity contribution in [2.24, 2.45) is 0 Å². The summed E-state index contributed by atoms with van der Waals surface area (Å²) in [5.41, 5.74) is 1.18. The average Bonchev–Trinajstić information content (AvgIpc) is 2.74. The van der Waals surface area contributed by atoms with Gasteiger partial charge < -0.3 is 10.2 Å². The molecular weight excluding hydrogens is 374 g/mol. The Kier molecular flexibility index (Phi) is 6.49. The normalized spacial score (nSPS) is 17.9. The Morgan fingerprint density at radius 2 is 1.43 bits per heavy atom. The quantitative estimate of drug-likeness (QED) is 0.790. The zero-order valence-corrected chi connectivity index (χ0v) is 17.2. The van der Waals surface area contributed by atoms with E-state index < -0.39 is 10.0 Å². The number of hydrogen-bond acceptors (Lipinski definition) is 3. The molecule has 0 saturated carbocycles. The smallest absolute Gasteiger partial charge is 0.280 e. The molecule has 0 aromatic heterocycles. The molecule has 3 rings (SSSR count). The average molecular weight is 403 g/mol. The third kappa shape index (κ3) is 4.60. The van der Waals surface area contributed by atoms with E-state index in [0.717, 1.165) is 0 Å². The molecular formula is C21H28N3O3S+. The second-order valence-electron chi connectivity index (χ2n) is 7.22. The molecule has 1 heterocycles. The Morgan fingerprint density at radius 3 is 2.00 bits per heavy atom. The summed E-state index contributed by atoms with van der Waals surface area (Å²) in [6.45, 7) is 5.48. The van der Waals surface area contributed by atoms with Gasteiger partial charge >= 0.3 is 0 Å². The molecule has 1 amide bonds. The first kappa shape index (κ1) is 20.5. The van der Waals surface area contributed by atoms with Crippen LogP contribution in [0.1, 0.15) is 25.5 Å². The molecule has 2 N–H and O–H groups in total. The minimum absolute atomic E-state index is 0.0551. The number of rotatable bonds is 6. The van der Waals surface area contributed by atoms with E-state index in [1.165, 1.54) is 9.87 Å². The first-order chi connectivity index (χ1) is 13.4. The van der Waals surface area contributed by atoms with E-state index in [0.29, 0.717) is 31.1 Å². The number of amides is 1. The molecule has 0 aliphatic carbocycles. The second-order valence-corrected chi connectivity index (χ2v) is 9.16. The molecule has 0 spiro atoms. The van der Waals surface area contributed by atoms with Gasteiger partial charge in [-0.3, -0.25) is 4.79 Å². The van der Waals surface area contributed by atoms with Gasteiger partial charge in [0.05, 0.1) is 4.90 Å². The van der Waals surface area contributed by atoms with Crippen LogP contribution < -0.4 is 5.32 Å². The van der Waals surface area contributed by atoms with Gasteiger partial charge in [-0.05, 0) is 26.0 Å². The van der Waals surface area contributed by atoms with Gasteiger partial charge in [0.2, 0.25) is 10.0 Å². The fourth-order valence-corrected chi connectivity index (χ4v) is 5.00. The van der Waals surface area contributed by atoms with Gasteiger partial charge in [0, 0.05) is 31.7 Å². The van der Waals surface area contributed by atoms with Crippen LogP contribution in [0, 0.1) is 0 Å². The summed E-state index contributed by atoms with van der Waals surface area (Å²) in [5.74, 6) is 0.0551.